The molecule has 2 amide bonds. The maximum absolute atomic E-state index is 12.7. The Balaban J connectivity index is 1.57. The molecule has 4 rings (SSSR count). The second-order valence-electron chi connectivity index (χ2n) is 7.80. The van der Waals surface area contributed by atoms with Crippen LogP contribution in [0.25, 0.3) is 0 Å². The van der Waals surface area contributed by atoms with Gasteiger partial charge in [0.05, 0.1) is 12.1 Å². The third-order valence-electron chi connectivity index (χ3n) is 5.14. The fourth-order valence-electron chi connectivity index (χ4n) is 3.79. The van der Waals surface area contributed by atoms with Crippen molar-refractivity contribution in [2.75, 3.05) is 0 Å². The van der Waals surface area contributed by atoms with Crippen LogP contribution >= 0.6 is 15.9 Å². The molecule has 30 heavy (non-hydrogen) atoms. The van der Waals surface area contributed by atoms with E-state index in [1.54, 1.807) is 24.3 Å². The summed E-state index contributed by atoms with van der Waals surface area (Å²) in [6.07, 6.45) is 0.950. The van der Waals surface area contributed by atoms with Gasteiger partial charge in [0.2, 0.25) is 0 Å². The smallest absolute Gasteiger partial charge is 0.251 e. The number of ether oxygens (including phenoxy) is 2. The van der Waals surface area contributed by atoms with E-state index in [1.807, 2.05) is 56.3 Å². The van der Waals surface area contributed by atoms with Gasteiger partial charge in [-0.25, -0.2) is 0 Å². The van der Waals surface area contributed by atoms with Crippen LogP contribution in [0.5, 0.6) is 0 Å². The molecule has 1 fully saturated rings. The van der Waals surface area contributed by atoms with Gasteiger partial charge in [0, 0.05) is 15.6 Å². The van der Waals surface area contributed by atoms with E-state index < -0.39 is 30.1 Å². The van der Waals surface area contributed by atoms with Crippen molar-refractivity contribution >= 4 is 27.7 Å². The van der Waals surface area contributed by atoms with Crippen molar-refractivity contribution in [3.63, 3.8) is 0 Å². The maximum Gasteiger partial charge on any atom is 0.251 e. The van der Waals surface area contributed by atoms with Gasteiger partial charge in [-0.05, 0) is 44.2 Å². The Kier molecular flexibility index (Phi) is 5.77. The third kappa shape index (κ3) is 4.33. The lowest BCUT2D eigenvalue weighted by Gasteiger charge is -2.35. The Labute approximate surface area is 183 Å². The van der Waals surface area contributed by atoms with Crippen molar-refractivity contribution in [1.29, 1.82) is 0 Å². The van der Waals surface area contributed by atoms with Crippen LogP contribution in [0, 0.1) is 0 Å². The van der Waals surface area contributed by atoms with Crippen molar-refractivity contribution in [3.05, 3.63) is 82.3 Å². The first-order valence-electron chi connectivity index (χ1n) is 9.79. The van der Waals surface area contributed by atoms with Gasteiger partial charge in [0.1, 0.15) is 12.2 Å². The van der Waals surface area contributed by atoms with Crippen LogP contribution in [0.3, 0.4) is 0 Å². The van der Waals surface area contributed by atoms with Crippen molar-refractivity contribution in [2.24, 2.45) is 0 Å². The number of rotatable bonds is 4. The summed E-state index contributed by atoms with van der Waals surface area (Å²) in [5.74, 6) is -1.24. The second-order valence-corrected chi connectivity index (χ2v) is 8.71. The highest BCUT2D eigenvalue weighted by molar-refractivity contribution is 9.11. The summed E-state index contributed by atoms with van der Waals surface area (Å²) in [5, 5.41) is 6.05. The standard InChI is InChI=1S/C23H23BrN2O4/c1-23(2)29-19-17(25-21(27)14-9-5-3-6-10-14)13-16(24)18(20(19)30-23)26-22(28)15-11-7-4-8-12-15/h3-13,17-20H,1-2H3,(H,25,27)(H,26,28)/t17-,18+,19+,20-/m1/s1. The van der Waals surface area contributed by atoms with Gasteiger partial charge in [0.25, 0.3) is 11.8 Å². The van der Waals surface area contributed by atoms with E-state index in [0.717, 1.165) is 4.48 Å². The first kappa shape index (κ1) is 20.8. The van der Waals surface area contributed by atoms with Crippen molar-refractivity contribution in [2.45, 2.75) is 43.9 Å². The number of fused-ring (bicyclic) bond motifs is 1. The SMILES string of the molecule is CC1(C)O[C@@H]2[C@H](O1)[C@@H](NC(=O)c1ccccc1)C(Br)=C[C@H]2NC(=O)c1ccccc1. The predicted octanol–water partition coefficient (Wildman–Crippen LogP) is 3.40. The highest BCUT2D eigenvalue weighted by atomic mass is 79.9. The van der Waals surface area contributed by atoms with E-state index in [-0.39, 0.29) is 11.8 Å². The van der Waals surface area contributed by atoms with Crippen LogP contribution in [0.2, 0.25) is 0 Å². The lowest BCUT2D eigenvalue weighted by molar-refractivity contribution is -0.147. The van der Waals surface area contributed by atoms with Crippen LogP contribution in [0.4, 0.5) is 0 Å². The predicted molar refractivity (Wildman–Crippen MR) is 116 cm³/mol. The van der Waals surface area contributed by atoms with Gasteiger partial charge in [-0.3, -0.25) is 9.59 Å². The van der Waals surface area contributed by atoms with Crippen molar-refractivity contribution in [1.82, 2.24) is 10.6 Å². The van der Waals surface area contributed by atoms with Crippen molar-refractivity contribution in [3.8, 4) is 0 Å². The molecule has 0 saturated carbocycles. The van der Waals surface area contributed by atoms with Gasteiger partial charge in [0.15, 0.2) is 5.79 Å². The molecule has 2 aromatic rings. The third-order valence-corrected chi connectivity index (χ3v) is 5.90. The van der Waals surface area contributed by atoms with Gasteiger partial charge in [-0.15, -0.1) is 0 Å². The minimum Gasteiger partial charge on any atom is -0.343 e. The zero-order valence-electron chi connectivity index (χ0n) is 16.7. The Hall–Kier alpha value is -2.48. The largest absolute Gasteiger partial charge is 0.343 e. The number of benzene rings is 2. The summed E-state index contributed by atoms with van der Waals surface area (Å²) in [6, 6.07) is 17.2. The molecule has 156 valence electrons. The summed E-state index contributed by atoms with van der Waals surface area (Å²) in [5.41, 5.74) is 1.13. The molecule has 0 unspecified atom stereocenters. The van der Waals surface area contributed by atoms with Crippen LogP contribution in [-0.4, -0.2) is 41.9 Å². The maximum atomic E-state index is 12.7. The van der Waals surface area contributed by atoms with Crippen LogP contribution in [0.15, 0.2) is 71.2 Å². The fourth-order valence-corrected chi connectivity index (χ4v) is 4.45. The molecule has 2 aliphatic rings. The average Bonchev–Trinajstić information content (AvgIpc) is 3.07. The van der Waals surface area contributed by atoms with Gasteiger partial charge in [-0.2, -0.15) is 0 Å². The topological polar surface area (TPSA) is 76.7 Å². The van der Waals surface area contributed by atoms with E-state index in [9.17, 15) is 9.59 Å². The zero-order valence-corrected chi connectivity index (χ0v) is 18.3. The van der Waals surface area contributed by atoms with Gasteiger partial charge in [-0.1, -0.05) is 52.3 Å². The number of hydrogen-bond donors (Lipinski definition) is 2. The number of nitrogens with one attached hydrogen (secondary N) is 2. The molecule has 4 atom stereocenters. The first-order chi connectivity index (χ1) is 14.3. The molecule has 0 spiro atoms. The van der Waals surface area contributed by atoms with E-state index in [1.165, 1.54) is 0 Å². The molecule has 2 N–H and O–H groups in total. The van der Waals surface area contributed by atoms with Crippen molar-refractivity contribution < 1.29 is 19.1 Å². The summed E-state index contributed by atoms with van der Waals surface area (Å²) in [4.78, 5) is 25.4. The average molecular weight is 471 g/mol. The first-order valence-corrected chi connectivity index (χ1v) is 10.6. The highest BCUT2D eigenvalue weighted by Gasteiger charge is 2.52. The molecule has 1 heterocycles. The van der Waals surface area contributed by atoms with Gasteiger partial charge >= 0.3 is 0 Å². The summed E-state index contributed by atoms with van der Waals surface area (Å²) in [7, 11) is 0. The fraction of sp³-hybridized carbons (Fsp3) is 0.304. The van der Waals surface area contributed by atoms with Crippen LogP contribution in [-0.2, 0) is 9.47 Å². The van der Waals surface area contributed by atoms with Crippen LogP contribution in [0.1, 0.15) is 34.6 Å². The second kappa shape index (κ2) is 8.34. The number of halogens is 1. The number of hydrogen-bond acceptors (Lipinski definition) is 4. The Bertz CT molecular complexity index is 962. The molecule has 1 aliphatic carbocycles. The summed E-state index contributed by atoms with van der Waals surface area (Å²) < 4.78 is 13.0. The summed E-state index contributed by atoms with van der Waals surface area (Å²) >= 11 is 3.58. The quantitative estimate of drug-likeness (QED) is 0.717. The molecule has 0 bridgehead atoms. The lowest BCUT2D eigenvalue weighted by Crippen LogP contribution is -2.57. The molecular formula is C23H23BrN2O4. The molecule has 7 heteroatoms. The van der Waals surface area contributed by atoms with E-state index in [0.29, 0.717) is 11.1 Å². The monoisotopic (exact) mass is 470 g/mol. The zero-order chi connectivity index (χ0) is 21.3. The Morgan fingerprint density at radius 1 is 0.833 bits per heavy atom. The number of carbonyl (C=O) groups excluding carboxylic acids is 2. The minimum absolute atomic E-state index is 0.198. The molecule has 1 aliphatic heterocycles. The normalized spacial score (nSPS) is 27.0. The summed E-state index contributed by atoms with van der Waals surface area (Å²) in [6.45, 7) is 3.65. The van der Waals surface area contributed by atoms with E-state index >= 15 is 0 Å². The molecule has 2 aromatic carbocycles. The molecule has 1 saturated heterocycles. The number of carbonyl (C=O) groups is 2. The van der Waals surface area contributed by atoms with E-state index in [4.69, 9.17) is 9.47 Å². The number of amides is 2. The van der Waals surface area contributed by atoms with Gasteiger partial charge < -0.3 is 20.1 Å². The minimum atomic E-state index is -0.841. The Morgan fingerprint density at radius 2 is 1.33 bits per heavy atom. The van der Waals surface area contributed by atoms with E-state index in [2.05, 4.69) is 26.6 Å². The molecule has 0 aromatic heterocycles. The molecule has 0 radical (unpaired) electrons. The molecular weight excluding hydrogens is 448 g/mol. The Morgan fingerprint density at radius 3 is 1.90 bits per heavy atom. The molecule has 6 nitrogen and oxygen atoms in total. The highest BCUT2D eigenvalue weighted by Crippen LogP contribution is 2.38. The lowest BCUT2D eigenvalue weighted by atomic mass is 9.91. The van der Waals surface area contributed by atoms with Crippen LogP contribution < -0.4 is 10.6 Å².